The molecule has 1 aliphatic heterocycles. The minimum absolute atomic E-state index is 0.122. The summed E-state index contributed by atoms with van der Waals surface area (Å²) in [6.45, 7) is 3.07. The molecule has 2 rings (SSSR count). The highest BCUT2D eigenvalue weighted by Crippen LogP contribution is 2.28. The van der Waals surface area contributed by atoms with Crippen LogP contribution < -0.4 is 10.5 Å². The molecular formula is C15H22F2N2O2. The number of piperidine rings is 1. The van der Waals surface area contributed by atoms with Crippen molar-refractivity contribution in [1.82, 2.24) is 4.90 Å². The van der Waals surface area contributed by atoms with Gasteiger partial charge < -0.3 is 15.6 Å². The van der Waals surface area contributed by atoms with Gasteiger partial charge in [-0.2, -0.15) is 8.78 Å². The first-order valence-corrected chi connectivity index (χ1v) is 7.10. The van der Waals surface area contributed by atoms with Crippen LogP contribution in [0.15, 0.2) is 18.2 Å². The van der Waals surface area contributed by atoms with E-state index >= 15 is 0 Å². The van der Waals surface area contributed by atoms with Crippen molar-refractivity contribution >= 4 is 5.69 Å². The third-order valence-electron chi connectivity index (χ3n) is 3.96. The Balaban J connectivity index is 2.12. The van der Waals surface area contributed by atoms with E-state index in [1.54, 1.807) is 12.1 Å². The van der Waals surface area contributed by atoms with Crippen molar-refractivity contribution in [2.24, 2.45) is 11.8 Å². The number of anilines is 1. The van der Waals surface area contributed by atoms with Gasteiger partial charge in [0.1, 0.15) is 5.75 Å². The SMILES string of the molecule is CC1CN(Cc2ccc(N)cc2OC(F)F)CC(C)C1O. The first-order valence-electron chi connectivity index (χ1n) is 7.10. The molecule has 1 fully saturated rings. The lowest BCUT2D eigenvalue weighted by molar-refractivity contribution is -0.0514. The molecule has 6 heteroatoms. The standard InChI is InChI=1S/C15H22F2N2O2/c1-9-6-19(7-10(2)14(9)20)8-11-3-4-12(18)5-13(11)21-15(16)17/h3-5,9-10,14-15,20H,6-8,18H2,1-2H3. The van der Waals surface area contributed by atoms with E-state index in [2.05, 4.69) is 9.64 Å². The predicted molar refractivity (Wildman–Crippen MR) is 77.1 cm³/mol. The third kappa shape index (κ3) is 4.04. The van der Waals surface area contributed by atoms with Gasteiger partial charge in [-0.05, 0) is 17.9 Å². The molecule has 2 unspecified atom stereocenters. The number of hydrogen-bond acceptors (Lipinski definition) is 4. The summed E-state index contributed by atoms with van der Waals surface area (Å²) in [6.07, 6.45) is -0.315. The van der Waals surface area contributed by atoms with Gasteiger partial charge in [-0.3, -0.25) is 4.90 Å². The highest BCUT2D eigenvalue weighted by atomic mass is 19.3. The molecular weight excluding hydrogens is 278 g/mol. The fourth-order valence-electron chi connectivity index (χ4n) is 2.94. The summed E-state index contributed by atoms with van der Waals surface area (Å²) in [5, 5.41) is 9.97. The number of halogens is 2. The number of alkyl halides is 2. The van der Waals surface area contributed by atoms with E-state index in [-0.39, 0.29) is 23.7 Å². The molecule has 1 aromatic carbocycles. The van der Waals surface area contributed by atoms with E-state index in [0.717, 1.165) is 13.1 Å². The van der Waals surface area contributed by atoms with Crippen molar-refractivity contribution in [2.75, 3.05) is 18.8 Å². The zero-order valence-corrected chi connectivity index (χ0v) is 12.3. The zero-order chi connectivity index (χ0) is 15.6. The molecule has 3 N–H and O–H groups in total. The lowest BCUT2D eigenvalue weighted by Crippen LogP contribution is -2.46. The maximum atomic E-state index is 12.5. The van der Waals surface area contributed by atoms with Crippen LogP contribution in [0.2, 0.25) is 0 Å². The molecule has 0 bridgehead atoms. The molecule has 0 aromatic heterocycles. The third-order valence-corrected chi connectivity index (χ3v) is 3.96. The van der Waals surface area contributed by atoms with Crippen LogP contribution in [-0.4, -0.2) is 35.8 Å². The van der Waals surface area contributed by atoms with Crippen molar-refractivity contribution in [2.45, 2.75) is 33.1 Å². The van der Waals surface area contributed by atoms with Gasteiger partial charge >= 0.3 is 6.61 Å². The molecule has 1 heterocycles. The molecule has 21 heavy (non-hydrogen) atoms. The highest BCUT2D eigenvalue weighted by Gasteiger charge is 2.30. The monoisotopic (exact) mass is 300 g/mol. The van der Waals surface area contributed by atoms with Gasteiger partial charge in [-0.15, -0.1) is 0 Å². The molecule has 118 valence electrons. The molecule has 1 saturated heterocycles. The number of aliphatic hydroxyl groups excluding tert-OH is 1. The van der Waals surface area contributed by atoms with Crippen LogP contribution >= 0.6 is 0 Å². The van der Waals surface area contributed by atoms with Crippen LogP contribution in [0.3, 0.4) is 0 Å². The van der Waals surface area contributed by atoms with Crippen LogP contribution in [0.4, 0.5) is 14.5 Å². The van der Waals surface area contributed by atoms with Crippen LogP contribution in [0.5, 0.6) is 5.75 Å². The van der Waals surface area contributed by atoms with E-state index in [4.69, 9.17) is 5.73 Å². The topological polar surface area (TPSA) is 58.7 Å². The Labute approximate surface area is 123 Å². The molecule has 0 amide bonds. The number of benzene rings is 1. The first kappa shape index (κ1) is 16.0. The Bertz CT molecular complexity index is 473. The number of rotatable bonds is 4. The van der Waals surface area contributed by atoms with Crippen LogP contribution in [0, 0.1) is 11.8 Å². The van der Waals surface area contributed by atoms with Gasteiger partial charge in [0.25, 0.3) is 0 Å². The second-order valence-corrected chi connectivity index (χ2v) is 5.88. The van der Waals surface area contributed by atoms with Crippen molar-refractivity contribution in [3.8, 4) is 5.75 Å². The zero-order valence-electron chi connectivity index (χ0n) is 12.3. The number of nitrogens with two attached hydrogens (primary N) is 1. The average Bonchev–Trinajstić information content (AvgIpc) is 2.38. The number of nitrogens with zero attached hydrogens (tertiary/aromatic N) is 1. The highest BCUT2D eigenvalue weighted by molar-refractivity contribution is 5.48. The van der Waals surface area contributed by atoms with Crippen molar-refractivity contribution in [1.29, 1.82) is 0 Å². The van der Waals surface area contributed by atoms with Gasteiger partial charge in [0.2, 0.25) is 0 Å². The lowest BCUT2D eigenvalue weighted by atomic mass is 9.88. The smallest absolute Gasteiger partial charge is 0.387 e. The second kappa shape index (κ2) is 6.58. The normalized spacial score (nSPS) is 27.0. The van der Waals surface area contributed by atoms with Crippen molar-refractivity contribution in [3.63, 3.8) is 0 Å². The Kier molecular flexibility index (Phi) is 5.00. The number of likely N-dealkylation sites (tertiary alicyclic amines) is 1. The van der Waals surface area contributed by atoms with E-state index in [1.807, 2.05) is 13.8 Å². The summed E-state index contributed by atoms with van der Waals surface area (Å²) in [7, 11) is 0. The Morgan fingerprint density at radius 3 is 2.52 bits per heavy atom. The first-order chi connectivity index (χ1) is 9.86. The molecule has 0 saturated carbocycles. The fraction of sp³-hybridized carbons (Fsp3) is 0.600. The number of hydrogen-bond donors (Lipinski definition) is 2. The largest absolute Gasteiger partial charge is 0.434 e. The molecule has 1 aliphatic rings. The molecule has 0 aliphatic carbocycles. The van der Waals surface area contributed by atoms with Gasteiger partial charge in [0.05, 0.1) is 6.10 Å². The Morgan fingerprint density at radius 2 is 1.95 bits per heavy atom. The minimum Gasteiger partial charge on any atom is -0.434 e. The lowest BCUT2D eigenvalue weighted by Gasteiger charge is -2.39. The quantitative estimate of drug-likeness (QED) is 0.838. The Hall–Kier alpha value is -1.40. The van der Waals surface area contributed by atoms with E-state index in [1.165, 1.54) is 6.07 Å². The second-order valence-electron chi connectivity index (χ2n) is 5.88. The maximum Gasteiger partial charge on any atom is 0.387 e. The summed E-state index contributed by atoms with van der Waals surface area (Å²) in [5.74, 6) is 0.431. The predicted octanol–water partition coefficient (Wildman–Crippen LogP) is 2.32. The van der Waals surface area contributed by atoms with E-state index < -0.39 is 6.61 Å². The van der Waals surface area contributed by atoms with Crippen LogP contribution in [0.25, 0.3) is 0 Å². The van der Waals surface area contributed by atoms with Gasteiger partial charge in [-0.25, -0.2) is 0 Å². The van der Waals surface area contributed by atoms with Gasteiger partial charge in [0, 0.05) is 37.0 Å². The summed E-state index contributed by atoms with van der Waals surface area (Å²) >= 11 is 0. The molecule has 0 radical (unpaired) electrons. The summed E-state index contributed by atoms with van der Waals surface area (Å²) < 4.78 is 29.5. The average molecular weight is 300 g/mol. The van der Waals surface area contributed by atoms with Gasteiger partial charge in [0.15, 0.2) is 0 Å². The summed E-state index contributed by atoms with van der Waals surface area (Å²) in [4.78, 5) is 2.14. The number of nitrogen functional groups attached to an aromatic ring is 1. The molecule has 2 atom stereocenters. The molecule has 0 spiro atoms. The van der Waals surface area contributed by atoms with Crippen molar-refractivity contribution in [3.05, 3.63) is 23.8 Å². The van der Waals surface area contributed by atoms with Gasteiger partial charge in [-0.1, -0.05) is 19.9 Å². The molecule has 4 nitrogen and oxygen atoms in total. The van der Waals surface area contributed by atoms with E-state index in [0.29, 0.717) is 17.8 Å². The fourth-order valence-corrected chi connectivity index (χ4v) is 2.94. The van der Waals surface area contributed by atoms with Crippen LogP contribution in [-0.2, 0) is 6.54 Å². The number of aliphatic hydroxyl groups is 1. The van der Waals surface area contributed by atoms with Crippen LogP contribution in [0.1, 0.15) is 19.4 Å². The van der Waals surface area contributed by atoms with E-state index in [9.17, 15) is 13.9 Å². The minimum atomic E-state index is -2.87. The number of ether oxygens (including phenoxy) is 1. The molecule has 1 aromatic rings. The maximum absolute atomic E-state index is 12.5. The summed E-state index contributed by atoms with van der Waals surface area (Å²) in [5.41, 5.74) is 6.70. The van der Waals surface area contributed by atoms with Crippen molar-refractivity contribution < 1.29 is 18.6 Å². The Morgan fingerprint density at radius 1 is 1.33 bits per heavy atom. The summed E-state index contributed by atoms with van der Waals surface area (Å²) in [6, 6.07) is 4.82.